The summed E-state index contributed by atoms with van der Waals surface area (Å²) in [6.07, 6.45) is 0.786. The van der Waals surface area contributed by atoms with E-state index < -0.39 is 0 Å². The van der Waals surface area contributed by atoms with Crippen LogP contribution in [0.15, 0.2) is 21.3 Å². The molecule has 128 valence electrons. The van der Waals surface area contributed by atoms with Crippen molar-refractivity contribution in [3.63, 3.8) is 0 Å². The summed E-state index contributed by atoms with van der Waals surface area (Å²) in [6.45, 7) is 4.88. The van der Waals surface area contributed by atoms with E-state index in [-0.39, 0.29) is 17.4 Å². The zero-order valence-corrected chi connectivity index (χ0v) is 14.4. The molecule has 1 saturated heterocycles. The van der Waals surface area contributed by atoms with Crippen LogP contribution >= 0.6 is 0 Å². The maximum atomic E-state index is 12.6. The molecule has 2 aromatic heterocycles. The maximum Gasteiger partial charge on any atom is 0.289 e. The lowest BCUT2D eigenvalue weighted by molar-refractivity contribution is 0.0756. The number of furan rings is 1. The minimum absolute atomic E-state index is 0.0614. The highest BCUT2D eigenvalue weighted by Gasteiger charge is 2.31. The lowest BCUT2D eigenvalue weighted by atomic mass is 10.1. The molecule has 3 rings (SSSR count). The van der Waals surface area contributed by atoms with Gasteiger partial charge in [-0.1, -0.05) is 0 Å². The van der Waals surface area contributed by atoms with Crippen molar-refractivity contribution in [1.82, 2.24) is 14.9 Å². The lowest BCUT2D eigenvalue weighted by Gasteiger charge is -2.16. The summed E-state index contributed by atoms with van der Waals surface area (Å²) in [5.41, 5.74) is 1.40. The van der Waals surface area contributed by atoms with E-state index in [1.165, 1.54) is 6.07 Å². The normalized spacial score (nSPS) is 17.3. The second-order valence-corrected chi connectivity index (χ2v) is 6.49. The molecule has 1 aliphatic rings. The Kier molecular flexibility index (Phi) is 4.17. The van der Waals surface area contributed by atoms with E-state index in [0.29, 0.717) is 24.8 Å². The van der Waals surface area contributed by atoms with Crippen molar-refractivity contribution in [3.05, 3.63) is 45.3 Å². The minimum atomic E-state index is -0.175. The first-order chi connectivity index (χ1) is 11.3. The Balaban J connectivity index is 1.79. The number of aromatic amines is 1. The molecule has 0 aromatic carbocycles. The van der Waals surface area contributed by atoms with E-state index in [1.807, 2.05) is 34.0 Å². The molecule has 1 aliphatic heterocycles. The number of carbonyl (C=O) groups excluding carboxylic acids is 1. The van der Waals surface area contributed by atoms with Crippen LogP contribution < -0.4 is 10.5 Å². The largest absolute Gasteiger partial charge is 0.456 e. The van der Waals surface area contributed by atoms with Crippen molar-refractivity contribution >= 4 is 11.9 Å². The quantitative estimate of drug-likeness (QED) is 0.926. The molecule has 3 heterocycles. The second-order valence-electron chi connectivity index (χ2n) is 6.49. The first-order valence-corrected chi connectivity index (χ1v) is 8.00. The van der Waals surface area contributed by atoms with Crippen molar-refractivity contribution in [2.24, 2.45) is 0 Å². The van der Waals surface area contributed by atoms with Crippen molar-refractivity contribution < 1.29 is 9.21 Å². The summed E-state index contributed by atoms with van der Waals surface area (Å²) in [6, 6.07) is 3.39. The SMILES string of the molecule is Cc1cc(C)c(C(=O)N2CCC(c3cc(=O)[nH]c(N(C)C)n3)C2)o1. The van der Waals surface area contributed by atoms with Crippen LogP contribution in [0.4, 0.5) is 5.95 Å². The summed E-state index contributed by atoms with van der Waals surface area (Å²) in [5.74, 6) is 1.63. The lowest BCUT2D eigenvalue weighted by Crippen LogP contribution is -2.29. The minimum Gasteiger partial charge on any atom is -0.456 e. The number of carbonyl (C=O) groups is 1. The summed E-state index contributed by atoms with van der Waals surface area (Å²) in [7, 11) is 3.66. The number of hydrogen-bond donors (Lipinski definition) is 1. The molecule has 0 saturated carbocycles. The maximum absolute atomic E-state index is 12.6. The van der Waals surface area contributed by atoms with Gasteiger partial charge in [0, 0.05) is 44.7 Å². The van der Waals surface area contributed by atoms with Gasteiger partial charge >= 0.3 is 0 Å². The molecule has 1 atom stereocenters. The first kappa shape index (κ1) is 16.3. The number of likely N-dealkylation sites (tertiary alicyclic amines) is 1. The van der Waals surface area contributed by atoms with Crippen LogP contribution in [-0.2, 0) is 0 Å². The fraction of sp³-hybridized carbons (Fsp3) is 0.471. The van der Waals surface area contributed by atoms with Crippen molar-refractivity contribution in [2.45, 2.75) is 26.2 Å². The first-order valence-electron chi connectivity index (χ1n) is 8.00. The Morgan fingerprint density at radius 3 is 2.75 bits per heavy atom. The highest BCUT2D eigenvalue weighted by Crippen LogP contribution is 2.28. The van der Waals surface area contributed by atoms with Crippen LogP contribution in [0.25, 0.3) is 0 Å². The van der Waals surface area contributed by atoms with E-state index in [9.17, 15) is 9.59 Å². The average molecular weight is 330 g/mol. The van der Waals surface area contributed by atoms with Gasteiger partial charge in [-0.15, -0.1) is 0 Å². The number of aryl methyl sites for hydroxylation is 2. The molecular formula is C17H22N4O3. The summed E-state index contributed by atoms with van der Waals surface area (Å²) >= 11 is 0. The van der Waals surface area contributed by atoms with E-state index in [4.69, 9.17) is 4.42 Å². The number of nitrogens with zero attached hydrogens (tertiary/aromatic N) is 3. The molecule has 7 heteroatoms. The molecule has 0 aliphatic carbocycles. The van der Waals surface area contributed by atoms with Crippen LogP contribution in [-0.4, -0.2) is 48.0 Å². The summed E-state index contributed by atoms with van der Waals surface area (Å²) < 4.78 is 5.53. The Bertz CT molecular complexity index is 821. The van der Waals surface area contributed by atoms with Gasteiger partial charge in [-0.3, -0.25) is 14.6 Å². The molecule has 1 fully saturated rings. The Morgan fingerprint density at radius 2 is 2.12 bits per heavy atom. The van der Waals surface area contributed by atoms with Gasteiger partial charge in [0.1, 0.15) is 5.76 Å². The Labute approximate surface area is 140 Å². The molecule has 1 amide bonds. The smallest absolute Gasteiger partial charge is 0.289 e. The van der Waals surface area contributed by atoms with E-state index >= 15 is 0 Å². The predicted octanol–water partition coefficient (Wildman–Crippen LogP) is 1.68. The molecule has 2 aromatic rings. The third-order valence-electron chi connectivity index (χ3n) is 4.30. The Hall–Kier alpha value is -2.57. The molecule has 0 radical (unpaired) electrons. The molecule has 0 spiro atoms. The highest BCUT2D eigenvalue weighted by atomic mass is 16.4. The fourth-order valence-corrected chi connectivity index (χ4v) is 3.07. The number of H-pyrrole nitrogens is 1. The van der Waals surface area contributed by atoms with Gasteiger partial charge in [0.15, 0.2) is 5.76 Å². The molecule has 24 heavy (non-hydrogen) atoms. The van der Waals surface area contributed by atoms with E-state index in [1.54, 1.807) is 9.80 Å². The number of amides is 1. The van der Waals surface area contributed by atoms with Crippen LogP contribution in [0.5, 0.6) is 0 Å². The van der Waals surface area contributed by atoms with Gasteiger partial charge in [0.25, 0.3) is 11.5 Å². The van der Waals surface area contributed by atoms with Crippen molar-refractivity contribution in [3.8, 4) is 0 Å². The monoisotopic (exact) mass is 330 g/mol. The third kappa shape index (κ3) is 3.06. The van der Waals surface area contributed by atoms with E-state index in [2.05, 4.69) is 9.97 Å². The summed E-state index contributed by atoms with van der Waals surface area (Å²) in [4.78, 5) is 35.2. The van der Waals surface area contributed by atoms with Gasteiger partial charge in [0.05, 0.1) is 5.69 Å². The molecule has 0 bridgehead atoms. The number of anilines is 1. The van der Waals surface area contributed by atoms with Crippen molar-refractivity contribution in [1.29, 1.82) is 0 Å². The van der Waals surface area contributed by atoms with Gasteiger partial charge in [0.2, 0.25) is 5.95 Å². The molecule has 7 nitrogen and oxygen atoms in total. The molecular weight excluding hydrogens is 308 g/mol. The fourth-order valence-electron chi connectivity index (χ4n) is 3.07. The van der Waals surface area contributed by atoms with Crippen LogP contribution in [0.3, 0.4) is 0 Å². The third-order valence-corrected chi connectivity index (χ3v) is 4.30. The second kappa shape index (κ2) is 6.14. The highest BCUT2D eigenvalue weighted by molar-refractivity contribution is 5.93. The number of rotatable bonds is 3. The number of aromatic nitrogens is 2. The van der Waals surface area contributed by atoms with Crippen LogP contribution in [0.2, 0.25) is 0 Å². The number of hydrogen-bond acceptors (Lipinski definition) is 5. The number of nitrogens with one attached hydrogen (secondary N) is 1. The molecule has 1 N–H and O–H groups in total. The van der Waals surface area contributed by atoms with Gasteiger partial charge < -0.3 is 14.2 Å². The summed E-state index contributed by atoms with van der Waals surface area (Å²) in [5, 5.41) is 0. The van der Waals surface area contributed by atoms with E-state index in [0.717, 1.165) is 23.4 Å². The van der Waals surface area contributed by atoms with Gasteiger partial charge in [-0.25, -0.2) is 4.98 Å². The Morgan fingerprint density at radius 1 is 1.38 bits per heavy atom. The standard InChI is InChI=1S/C17H22N4O3/c1-10-7-11(2)24-15(10)16(23)21-6-5-12(9-21)13-8-14(22)19-17(18-13)20(3)4/h7-8,12H,5-6,9H2,1-4H3,(H,18,19,22). The van der Waals surface area contributed by atoms with Crippen LogP contribution in [0, 0.1) is 13.8 Å². The van der Waals surface area contributed by atoms with Crippen molar-refractivity contribution in [2.75, 3.05) is 32.1 Å². The van der Waals surface area contributed by atoms with Crippen LogP contribution in [0.1, 0.15) is 39.9 Å². The average Bonchev–Trinajstić information content (AvgIpc) is 3.12. The predicted molar refractivity (Wildman–Crippen MR) is 90.6 cm³/mol. The topological polar surface area (TPSA) is 82.4 Å². The van der Waals surface area contributed by atoms with Gasteiger partial charge in [-0.05, 0) is 26.3 Å². The zero-order valence-electron chi connectivity index (χ0n) is 14.4. The zero-order chi connectivity index (χ0) is 17.4. The molecule has 1 unspecified atom stereocenters. The van der Waals surface area contributed by atoms with Gasteiger partial charge in [-0.2, -0.15) is 0 Å².